The van der Waals surface area contributed by atoms with Gasteiger partial charge in [-0.15, -0.1) is 11.3 Å². The normalized spacial score (nSPS) is 12.1. The van der Waals surface area contributed by atoms with Gasteiger partial charge in [-0.2, -0.15) is 0 Å². The first kappa shape index (κ1) is 18.4. The number of ether oxygens (including phenoxy) is 2. The highest BCUT2D eigenvalue weighted by Gasteiger charge is 2.19. The SMILES string of the molecule is CCOc1ccc2ccccc2c1C(=O)NCC(OC)c1ccc(C)s1. The van der Waals surface area contributed by atoms with Crippen molar-refractivity contribution in [3.63, 3.8) is 0 Å². The summed E-state index contributed by atoms with van der Waals surface area (Å²) in [5, 5.41) is 4.91. The van der Waals surface area contributed by atoms with E-state index in [4.69, 9.17) is 9.47 Å². The van der Waals surface area contributed by atoms with Crippen LogP contribution in [0.25, 0.3) is 10.8 Å². The van der Waals surface area contributed by atoms with Crippen molar-refractivity contribution in [2.45, 2.75) is 20.0 Å². The zero-order chi connectivity index (χ0) is 18.5. The number of thiophene rings is 1. The van der Waals surface area contributed by atoms with Gasteiger partial charge in [-0.1, -0.05) is 30.3 Å². The lowest BCUT2D eigenvalue weighted by Crippen LogP contribution is -2.29. The van der Waals surface area contributed by atoms with Gasteiger partial charge in [0.2, 0.25) is 0 Å². The van der Waals surface area contributed by atoms with Gasteiger partial charge in [0.25, 0.3) is 5.91 Å². The first-order valence-electron chi connectivity index (χ1n) is 8.66. The summed E-state index contributed by atoms with van der Waals surface area (Å²) in [6.45, 7) is 4.89. The molecule has 0 aliphatic rings. The van der Waals surface area contributed by atoms with Crippen molar-refractivity contribution >= 4 is 28.0 Å². The van der Waals surface area contributed by atoms with E-state index in [1.807, 2.05) is 49.4 Å². The van der Waals surface area contributed by atoms with Gasteiger partial charge in [0.15, 0.2) is 0 Å². The summed E-state index contributed by atoms with van der Waals surface area (Å²) < 4.78 is 11.3. The average Bonchev–Trinajstić information content (AvgIpc) is 3.08. The Balaban J connectivity index is 1.85. The second kappa shape index (κ2) is 8.34. The maximum Gasteiger partial charge on any atom is 0.255 e. The van der Waals surface area contributed by atoms with Gasteiger partial charge in [0.05, 0.1) is 12.2 Å². The Morgan fingerprint density at radius 1 is 1.15 bits per heavy atom. The maximum absolute atomic E-state index is 13.0. The highest BCUT2D eigenvalue weighted by atomic mass is 32.1. The summed E-state index contributed by atoms with van der Waals surface area (Å²) >= 11 is 1.68. The van der Waals surface area contributed by atoms with E-state index in [1.54, 1.807) is 18.4 Å². The van der Waals surface area contributed by atoms with Gasteiger partial charge >= 0.3 is 0 Å². The van der Waals surface area contributed by atoms with Crippen LogP contribution in [0, 0.1) is 6.92 Å². The summed E-state index contributed by atoms with van der Waals surface area (Å²) in [4.78, 5) is 15.3. The fraction of sp³-hybridized carbons (Fsp3) is 0.286. The minimum atomic E-state index is -0.164. The number of carbonyl (C=O) groups excluding carboxylic acids is 1. The van der Waals surface area contributed by atoms with Crippen molar-refractivity contribution in [2.75, 3.05) is 20.3 Å². The Bertz CT molecular complexity index is 903. The Kier molecular flexibility index (Phi) is 5.91. The summed E-state index contributed by atoms with van der Waals surface area (Å²) in [6.07, 6.45) is -0.164. The van der Waals surface area contributed by atoms with Gasteiger partial charge < -0.3 is 14.8 Å². The van der Waals surface area contributed by atoms with E-state index in [0.29, 0.717) is 24.5 Å². The van der Waals surface area contributed by atoms with Crippen molar-refractivity contribution in [2.24, 2.45) is 0 Å². The van der Waals surface area contributed by atoms with Crippen LogP contribution < -0.4 is 10.1 Å². The first-order chi connectivity index (χ1) is 12.6. The number of hydrogen-bond acceptors (Lipinski definition) is 4. The number of methoxy groups -OCH3 is 1. The molecule has 0 spiro atoms. The predicted octanol–water partition coefficient (Wildman–Crippen LogP) is 4.73. The largest absolute Gasteiger partial charge is 0.493 e. The quantitative estimate of drug-likeness (QED) is 0.655. The Labute approximate surface area is 157 Å². The standard InChI is InChI=1S/C21H23NO3S/c1-4-25-17-11-10-15-7-5-6-8-16(15)20(17)21(23)22-13-18(24-3)19-12-9-14(2)26-19/h5-12,18H,4,13H2,1-3H3,(H,22,23). The number of fused-ring (bicyclic) bond motifs is 1. The van der Waals surface area contributed by atoms with Crippen LogP contribution in [-0.2, 0) is 4.74 Å². The first-order valence-corrected chi connectivity index (χ1v) is 9.47. The lowest BCUT2D eigenvalue weighted by atomic mass is 10.0. The number of amides is 1. The number of benzene rings is 2. The van der Waals surface area contributed by atoms with E-state index < -0.39 is 0 Å². The van der Waals surface area contributed by atoms with Crippen LogP contribution in [0.3, 0.4) is 0 Å². The molecule has 0 saturated carbocycles. The third-order valence-corrected chi connectivity index (χ3v) is 5.32. The molecule has 0 radical (unpaired) electrons. The Morgan fingerprint density at radius 3 is 2.65 bits per heavy atom. The van der Waals surface area contributed by atoms with Crippen LogP contribution in [0.15, 0.2) is 48.5 Å². The molecule has 0 saturated heterocycles. The Hall–Kier alpha value is -2.37. The highest BCUT2D eigenvalue weighted by Crippen LogP contribution is 2.29. The lowest BCUT2D eigenvalue weighted by molar-refractivity contribution is 0.0836. The fourth-order valence-corrected chi connectivity index (χ4v) is 3.92. The molecule has 26 heavy (non-hydrogen) atoms. The fourth-order valence-electron chi connectivity index (χ4n) is 2.96. The van der Waals surface area contributed by atoms with Gasteiger partial charge in [0, 0.05) is 23.4 Å². The lowest BCUT2D eigenvalue weighted by Gasteiger charge is -2.17. The zero-order valence-electron chi connectivity index (χ0n) is 15.2. The molecule has 3 rings (SSSR count). The maximum atomic E-state index is 13.0. The topological polar surface area (TPSA) is 47.6 Å². The third-order valence-electron chi connectivity index (χ3n) is 4.23. The van der Waals surface area contributed by atoms with Crippen LogP contribution in [0.5, 0.6) is 5.75 Å². The van der Waals surface area contributed by atoms with Crippen molar-refractivity contribution in [3.05, 3.63) is 63.8 Å². The van der Waals surface area contributed by atoms with E-state index in [1.165, 1.54) is 4.88 Å². The highest BCUT2D eigenvalue weighted by molar-refractivity contribution is 7.12. The molecule has 0 fully saturated rings. The number of nitrogens with one attached hydrogen (secondary N) is 1. The van der Waals surface area contributed by atoms with E-state index >= 15 is 0 Å². The molecule has 0 bridgehead atoms. The zero-order valence-corrected chi connectivity index (χ0v) is 16.1. The van der Waals surface area contributed by atoms with Gasteiger partial charge in [-0.3, -0.25) is 4.79 Å². The van der Waals surface area contributed by atoms with Gasteiger partial charge in [-0.25, -0.2) is 0 Å². The van der Waals surface area contributed by atoms with Crippen LogP contribution in [0.1, 0.15) is 33.1 Å². The summed E-state index contributed by atoms with van der Waals surface area (Å²) in [6, 6.07) is 15.8. The van der Waals surface area contributed by atoms with Gasteiger partial charge in [0.1, 0.15) is 11.9 Å². The summed E-state index contributed by atoms with van der Waals surface area (Å²) in [5.41, 5.74) is 0.571. The van der Waals surface area contributed by atoms with Gasteiger partial charge in [-0.05, 0) is 42.8 Å². The molecule has 1 N–H and O–H groups in total. The molecule has 1 heterocycles. The van der Waals surface area contributed by atoms with Crippen LogP contribution >= 0.6 is 11.3 Å². The molecule has 2 aromatic carbocycles. The van der Waals surface area contributed by atoms with Crippen molar-refractivity contribution in [1.82, 2.24) is 5.32 Å². The van der Waals surface area contributed by atoms with Crippen molar-refractivity contribution in [1.29, 1.82) is 0 Å². The third kappa shape index (κ3) is 3.89. The molecule has 3 aromatic rings. The minimum Gasteiger partial charge on any atom is -0.493 e. The van der Waals surface area contributed by atoms with E-state index in [0.717, 1.165) is 15.6 Å². The van der Waals surface area contributed by atoms with E-state index in [-0.39, 0.29) is 12.0 Å². The number of rotatable bonds is 7. The molecule has 1 amide bonds. The molecule has 4 nitrogen and oxygen atoms in total. The van der Waals surface area contributed by atoms with Crippen LogP contribution in [-0.4, -0.2) is 26.2 Å². The molecule has 0 aliphatic carbocycles. The molecule has 0 aliphatic heterocycles. The number of aryl methyl sites for hydroxylation is 1. The molecular weight excluding hydrogens is 346 g/mol. The van der Waals surface area contributed by atoms with E-state index in [9.17, 15) is 4.79 Å². The second-order valence-electron chi connectivity index (χ2n) is 5.98. The van der Waals surface area contributed by atoms with Crippen LogP contribution in [0.2, 0.25) is 0 Å². The monoisotopic (exact) mass is 369 g/mol. The Morgan fingerprint density at radius 2 is 1.96 bits per heavy atom. The molecular formula is C21H23NO3S. The van der Waals surface area contributed by atoms with E-state index in [2.05, 4.69) is 18.3 Å². The molecule has 5 heteroatoms. The summed E-state index contributed by atoms with van der Waals surface area (Å²) in [7, 11) is 1.66. The predicted molar refractivity (Wildman–Crippen MR) is 106 cm³/mol. The van der Waals surface area contributed by atoms with Crippen molar-refractivity contribution < 1.29 is 14.3 Å². The second-order valence-corrected chi connectivity index (χ2v) is 7.30. The smallest absolute Gasteiger partial charge is 0.255 e. The van der Waals surface area contributed by atoms with Crippen LogP contribution in [0.4, 0.5) is 0 Å². The van der Waals surface area contributed by atoms with Crippen molar-refractivity contribution in [3.8, 4) is 5.75 Å². The average molecular weight is 369 g/mol. The summed E-state index contributed by atoms with van der Waals surface area (Å²) in [5.74, 6) is 0.449. The molecule has 1 aromatic heterocycles. The molecule has 1 unspecified atom stereocenters. The number of carbonyl (C=O) groups is 1. The minimum absolute atomic E-state index is 0.152. The molecule has 136 valence electrons. The molecule has 1 atom stereocenters. The number of hydrogen-bond donors (Lipinski definition) is 1.